The second-order valence-corrected chi connectivity index (χ2v) is 11.5. The third-order valence-corrected chi connectivity index (χ3v) is 4.61. The Morgan fingerprint density at radius 1 is 1.32 bits per heavy atom. The van der Waals surface area contributed by atoms with Gasteiger partial charge in [-0.25, -0.2) is 4.98 Å². The molecule has 0 spiro atoms. The minimum Gasteiger partial charge on any atom is -0.325 e. The van der Waals surface area contributed by atoms with E-state index in [0.717, 1.165) is 6.42 Å². The molecule has 22 heavy (non-hydrogen) atoms. The highest BCUT2D eigenvalue weighted by Crippen LogP contribution is 2.27. The maximum Gasteiger partial charge on any atom is 0.275 e. The van der Waals surface area contributed by atoms with Crippen LogP contribution in [0.2, 0.25) is 19.6 Å². The molecule has 5 nitrogen and oxygen atoms in total. The van der Waals surface area contributed by atoms with Crippen LogP contribution in [0.15, 0.2) is 12.1 Å². The number of carbonyl (C=O) groups is 2. The maximum absolute atomic E-state index is 12.6. The monoisotopic (exact) mass is 313 g/mol. The van der Waals surface area contributed by atoms with Crippen LogP contribution in [0, 0.1) is 11.5 Å². The fourth-order valence-electron chi connectivity index (χ4n) is 2.68. The molecule has 1 N–H and O–H groups in total. The number of nitrogens with one attached hydrogen (secondary N) is 1. The van der Waals surface area contributed by atoms with Gasteiger partial charge < -0.3 is 10.2 Å². The summed E-state index contributed by atoms with van der Waals surface area (Å²) in [5, 5.41) is 2.82. The zero-order valence-electron chi connectivity index (χ0n) is 13.1. The molecule has 6 heteroatoms. The zero-order valence-corrected chi connectivity index (χ0v) is 14.1. The molecule has 0 unspecified atom stereocenters. The molecule has 0 aromatic carbocycles. The highest BCUT2D eigenvalue weighted by Gasteiger charge is 2.39. The molecule has 1 aromatic rings. The highest BCUT2D eigenvalue weighted by molar-refractivity contribution is 6.83. The Morgan fingerprint density at radius 2 is 2.09 bits per heavy atom. The number of anilines is 1. The van der Waals surface area contributed by atoms with E-state index in [-0.39, 0.29) is 17.9 Å². The quantitative estimate of drug-likeness (QED) is 0.587. The molecular formula is C16H19N3O2Si. The van der Waals surface area contributed by atoms with E-state index >= 15 is 0 Å². The van der Waals surface area contributed by atoms with Gasteiger partial charge >= 0.3 is 0 Å². The lowest BCUT2D eigenvalue weighted by Gasteiger charge is -2.19. The molecule has 2 amide bonds. The first-order valence-electron chi connectivity index (χ1n) is 7.51. The third kappa shape index (κ3) is 2.77. The predicted molar refractivity (Wildman–Crippen MR) is 87.1 cm³/mol. The maximum atomic E-state index is 12.6. The van der Waals surface area contributed by atoms with Gasteiger partial charge in [-0.2, -0.15) is 0 Å². The molecule has 114 valence electrons. The second-order valence-electron chi connectivity index (χ2n) is 6.74. The van der Waals surface area contributed by atoms with Crippen molar-refractivity contribution in [1.29, 1.82) is 0 Å². The summed E-state index contributed by atoms with van der Waals surface area (Å²) in [6.45, 7) is 7.08. The molecule has 3 heterocycles. The molecular weight excluding hydrogens is 294 g/mol. The van der Waals surface area contributed by atoms with Crippen molar-refractivity contribution in [3.05, 3.63) is 23.5 Å². The average molecular weight is 313 g/mol. The molecule has 0 radical (unpaired) electrons. The van der Waals surface area contributed by atoms with E-state index in [0.29, 0.717) is 30.0 Å². The van der Waals surface area contributed by atoms with Crippen LogP contribution in [0.4, 0.5) is 5.69 Å². The van der Waals surface area contributed by atoms with E-state index < -0.39 is 8.07 Å². The van der Waals surface area contributed by atoms with Crippen molar-refractivity contribution in [2.75, 3.05) is 11.9 Å². The summed E-state index contributed by atoms with van der Waals surface area (Å²) in [6, 6.07) is 3.13. The molecule has 0 saturated carbocycles. The fourth-order valence-corrected chi connectivity index (χ4v) is 3.18. The first-order valence-corrected chi connectivity index (χ1v) is 11.0. The van der Waals surface area contributed by atoms with E-state index in [4.69, 9.17) is 0 Å². The van der Waals surface area contributed by atoms with Crippen LogP contribution < -0.4 is 5.32 Å². The van der Waals surface area contributed by atoms with Gasteiger partial charge in [-0.15, -0.1) is 5.54 Å². The van der Waals surface area contributed by atoms with Gasteiger partial charge in [-0.05, 0) is 25.0 Å². The van der Waals surface area contributed by atoms with Crippen LogP contribution in [0.25, 0.3) is 0 Å². The van der Waals surface area contributed by atoms with Gasteiger partial charge in [0.15, 0.2) is 5.69 Å². The minimum atomic E-state index is -1.50. The van der Waals surface area contributed by atoms with Crippen LogP contribution >= 0.6 is 0 Å². The summed E-state index contributed by atoms with van der Waals surface area (Å²) >= 11 is 0. The van der Waals surface area contributed by atoms with Crippen molar-refractivity contribution in [1.82, 2.24) is 9.88 Å². The molecule has 2 aliphatic rings. The Labute approximate surface area is 131 Å². The lowest BCUT2D eigenvalue weighted by Crippen LogP contribution is -2.40. The van der Waals surface area contributed by atoms with E-state index in [1.807, 2.05) is 0 Å². The normalized spacial score (nSPS) is 20.5. The zero-order chi connectivity index (χ0) is 15.9. The van der Waals surface area contributed by atoms with Crippen LogP contribution in [0.1, 0.15) is 29.0 Å². The molecule has 0 bridgehead atoms. The first-order chi connectivity index (χ1) is 10.3. The topological polar surface area (TPSA) is 62.3 Å². The van der Waals surface area contributed by atoms with Gasteiger partial charge in [0, 0.05) is 6.54 Å². The van der Waals surface area contributed by atoms with Crippen LogP contribution in [0.3, 0.4) is 0 Å². The van der Waals surface area contributed by atoms with Crippen molar-refractivity contribution >= 4 is 25.6 Å². The Balaban J connectivity index is 2.01. The number of nitrogens with zero attached hydrogens (tertiary/aromatic N) is 2. The smallest absolute Gasteiger partial charge is 0.275 e. The second kappa shape index (κ2) is 5.25. The van der Waals surface area contributed by atoms with Crippen molar-refractivity contribution < 1.29 is 9.59 Å². The summed E-state index contributed by atoms with van der Waals surface area (Å²) in [6.07, 6.45) is 1.57. The summed E-state index contributed by atoms with van der Waals surface area (Å²) < 4.78 is 0. The Morgan fingerprint density at radius 3 is 2.82 bits per heavy atom. The third-order valence-electron chi connectivity index (χ3n) is 3.74. The lowest BCUT2D eigenvalue weighted by atomic mass is 10.2. The van der Waals surface area contributed by atoms with Crippen LogP contribution in [-0.2, 0) is 4.79 Å². The summed E-state index contributed by atoms with van der Waals surface area (Å²) in [7, 11) is -1.50. The number of pyridine rings is 1. The predicted octanol–water partition coefficient (Wildman–Crippen LogP) is 1.87. The number of hydrogen-bond acceptors (Lipinski definition) is 3. The highest BCUT2D eigenvalue weighted by atomic mass is 28.3. The SMILES string of the molecule is C[Si](C)(C)C#Cc1ccc2c(n1)C(=O)N1CCC[C@H]1C(=O)N2. The molecule has 1 aromatic heterocycles. The fraction of sp³-hybridized carbons (Fsp3) is 0.438. The number of rotatable bonds is 0. The van der Waals surface area contributed by atoms with Crippen molar-refractivity contribution in [2.24, 2.45) is 0 Å². The molecule has 0 aliphatic carbocycles. The molecule has 1 saturated heterocycles. The van der Waals surface area contributed by atoms with Gasteiger partial charge in [0.25, 0.3) is 5.91 Å². The first kappa shape index (κ1) is 14.8. The summed E-state index contributed by atoms with van der Waals surface area (Å²) in [5.41, 5.74) is 4.62. The van der Waals surface area contributed by atoms with Crippen LogP contribution in [-0.4, -0.2) is 42.4 Å². The van der Waals surface area contributed by atoms with E-state index in [1.165, 1.54) is 0 Å². The van der Waals surface area contributed by atoms with E-state index in [2.05, 4.69) is 41.4 Å². The standard InChI is InChI=1S/C16H19N3O2Si/c1-22(2,3)10-8-11-6-7-12-14(17-11)16(21)19-9-4-5-13(19)15(20)18-12/h6-7,13H,4-5,9H2,1-3H3,(H,18,20)/t13-/m0/s1. The van der Waals surface area contributed by atoms with Gasteiger partial charge in [-0.3, -0.25) is 9.59 Å². The summed E-state index contributed by atoms with van der Waals surface area (Å²) in [4.78, 5) is 30.9. The molecule has 3 rings (SSSR count). The van der Waals surface area contributed by atoms with Gasteiger partial charge in [0.2, 0.25) is 5.91 Å². The van der Waals surface area contributed by atoms with Crippen molar-refractivity contribution in [2.45, 2.75) is 38.5 Å². The molecule has 1 atom stereocenters. The molecule has 2 aliphatic heterocycles. The number of aromatic nitrogens is 1. The van der Waals surface area contributed by atoms with E-state index in [9.17, 15) is 9.59 Å². The number of hydrogen-bond donors (Lipinski definition) is 1. The average Bonchev–Trinajstić information content (AvgIpc) is 2.90. The Hall–Kier alpha value is -2.13. The van der Waals surface area contributed by atoms with Gasteiger partial charge in [0.1, 0.15) is 19.8 Å². The van der Waals surface area contributed by atoms with Crippen LogP contribution in [0.5, 0.6) is 0 Å². The Kier molecular flexibility index (Phi) is 3.53. The summed E-state index contributed by atoms with van der Waals surface area (Å²) in [5.74, 6) is 2.77. The minimum absolute atomic E-state index is 0.118. The Bertz CT molecular complexity index is 712. The van der Waals surface area contributed by atoms with Gasteiger partial charge in [0.05, 0.1) is 5.69 Å². The molecule has 1 fully saturated rings. The lowest BCUT2D eigenvalue weighted by molar-refractivity contribution is -0.119. The largest absolute Gasteiger partial charge is 0.325 e. The van der Waals surface area contributed by atoms with E-state index in [1.54, 1.807) is 17.0 Å². The number of amides is 2. The van der Waals surface area contributed by atoms with Crippen molar-refractivity contribution in [3.63, 3.8) is 0 Å². The number of fused-ring (bicyclic) bond motifs is 2. The van der Waals surface area contributed by atoms with Crippen molar-refractivity contribution in [3.8, 4) is 11.5 Å². The van der Waals surface area contributed by atoms with Gasteiger partial charge in [-0.1, -0.05) is 25.6 Å². The number of carbonyl (C=O) groups excluding carboxylic acids is 2.